The minimum atomic E-state index is -0.0800. The molecule has 118 valence electrons. The van der Waals surface area contributed by atoms with E-state index in [2.05, 4.69) is 29.6 Å². The number of aromatic amines is 1. The zero-order valence-electron chi connectivity index (χ0n) is 13.4. The zero-order valence-corrected chi connectivity index (χ0v) is 13.4. The van der Waals surface area contributed by atoms with Gasteiger partial charge in [-0.25, -0.2) is 0 Å². The number of benzene rings is 1. The number of fused-ring (bicyclic) bond motifs is 1. The van der Waals surface area contributed by atoms with Crippen LogP contribution in [0.5, 0.6) is 0 Å². The minimum absolute atomic E-state index is 0.0800. The van der Waals surface area contributed by atoms with Gasteiger partial charge in [0.1, 0.15) is 5.54 Å². The molecule has 1 amide bonds. The van der Waals surface area contributed by atoms with E-state index in [1.54, 1.807) is 0 Å². The van der Waals surface area contributed by atoms with Gasteiger partial charge in [0.25, 0.3) is 5.91 Å². The Balaban J connectivity index is 1.74. The number of likely N-dealkylation sites (N-methyl/N-ethyl adjacent to an activating group) is 1. The Labute approximate surface area is 131 Å². The molecule has 0 aliphatic heterocycles. The molecule has 1 aliphatic rings. The second-order valence-corrected chi connectivity index (χ2v) is 6.64. The average Bonchev–Trinajstić information content (AvgIpc) is 2.97. The molecular weight excluding hydrogens is 276 g/mol. The van der Waals surface area contributed by atoms with Gasteiger partial charge in [-0.3, -0.25) is 9.89 Å². The third-order valence-corrected chi connectivity index (χ3v) is 5.14. The van der Waals surface area contributed by atoms with E-state index in [0.717, 1.165) is 17.4 Å². The lowest BCUT2D eigenvalue weighted by atomic mass is 9.80. The molecule has 1 aromatic heterocycles. The lowest BCUT2D eigenvalue weighted by Gasteiger charge is -2.39. The van der Waals surface area contributed by atoms with E-state index in [1.807, 2.05) is 24.3 Å². The molecule has 1 heterocycles. The number of H-pyrrole nitrogens is 1. The number of nitrogens with one attached hydrogen (secondary N) is 3. The molecule has 0 bridgehead atoms. The highest BCUT2D eigenvalue weighted by atomic mass is 16.1. The summed E-state index contributed by atoms with van der Waals surface area (Å²) in [5, 5.41) is 11.1. The third kappa shape index (κ3) is 2.73. The second-order valence-electron chi connectivity index (χ2n) is 6.64. The quantitative estimate of drug-likeness (QED) is 0.793. The van der Waals surface area contributed by atoms with Crippen molar-refractivity contribution in [3.8, 4) is 0 Å². The highest BCUT2D eigenvalue weighted by Crippen LogP contribution is 2.25. The molecule has 1 fully saturated rings. The molecule has 1 aromatic carbocycles. The summed E-state index contributed by atoms with van der Waals surface area (Å²) < 4.78 is 0. The first-order valence-corrected chi connectivity index (χ1v) is 8.14. The summed E-state index contributed by atoms with van der Waals surface area (Å²) in [5.41, 5.74) is 1.56. The van der Waals surface area contributed by atoms with Crippen molar-refractivity contribution < 1.29 is 9.69 Å². The van der Waals surface area contributed by atoms with Crippen LogP contribution in [0.25, 0.3) is 10.9 Å². The number of hydrogen-bond donors (Lipinski definition) is 3. The van der Waals surface area contributed by atoms with Crippen LogP contribution in [-0.4, -0.2) is 42.3 Å². The molecule has 5 heteroatoms. The Morgan fingerprint density at radius 3 is 2.73 bits per heavy atom. The zero-order chi connectivity index (χ0) is 15.6. The van der Waals surface area contributed by atoms with Crippen molar-refractivity contribution in [3.63, 3.8) is 0 Å². The minimum Gasteiger partial charge on any atom is -0.344 e. The summed E-state index contributed by atoms with van der Waals surface area (Å²) in [4.78, 5) is 14.0. The van der Waals surface area contributed by atoms with E-state index in [0.29, 0.717) is 5.69 Å². The summed E-state index contributed by atoms with van der Waals surface area (Å²) in [5.74, 6) is -0.0800. The van der Waals surface area contributed by atoms with Crippen LogP contribution >= 0.6 is 0 Å². The molecule has 0 radical (unpaired) electrons. The summed E-state index contributed by atoms with van der Waals surface area (Å²) in [6.07, 6.45) is 6.18. The van der Waals surface area contributed by atoms with Crippen LogP contribution in [0.3, 0.4) is 0 Å². The standard InChI is InChI=1S/C17H24N4O/c1-21(2)17(10-6-3-7-11-17)12-18-16(22)15-13-8-4-5-9-14(13)19-20-15/h4-5,8-9H,3,6-7,10-12H2,1-2H3,(H,18,22)(H,19,20)/p+1. The Kier molecular flexibility index (Phi) is 4.16. The van der Waals surface area contributed by atoms with Gasteiger partial charge in [0.2, 0.25) is 0 Å². The lowest BCUT2D eigenvalue weighted by Crippen LogP contribution is -3.16. The van der Waals surface area contributed by atoms with Crippen LogP contribution < -0.4 is 10.2 Å². The molecule has 1 saturated carbocycles. The Morgan fingerprint density at radius 2 is 2.00 bits per heavy atom. The van der Waals surface area contributed by atoms with Gasteiger partial charge < -0.3 is 10.2 Å². The van der Waals surface area contributed by atoms with Crippen LogP contribution in [-0.2, 0) is 0 Å². The van der Waals surface area contributed by atoms with Crippen molar-refractivity contribution in [2.45, 2.75) is 37.6 Å². The van der Waals surface area contributed by atoms with Gasteiger partial charge in [-0.2, -0.15) is 5.10 Å². The summed E-state index contributed by atoms with van der Waals surface area (Å²) in [6, 6.07) is 7.74. The molecule has 0 unspecified atom stereocenters. The van der Waals surface area contributed by atoms with Gasteiger partial charge in [0, 0.05) is 18.2 Å². The molecule has 3 N–H and O–H groups in total. The van der Waals surface area contributed by atoms with E-state index in [9.17, 15) is 4.79 Å². The monoisotopic (exact) mass is 301 g/mol. The van der Waals surface area contributed by atoms with Crippen molar-refractivity contribution >= 4 is 16.8 Å². The average molecular weight is 301 g/mol. The summed E-state index contributed by atoms with van der Waals surface area (Å²) >= 11 is 0. The predicted octanol–water partition coefficient (Wildman–Crippen LogP) is 1.14. The third-order valence-electron chi connectivity index (χ3n) is 5.14. The van der Waals surface area contributed by atoms with Gasteiger partial charge in [-0.15, -0.1) is 0 Å². The second kappa shape index (κ2) is 6.08. The van der Waals surface area contributed by atoms with E-state index >= 15 is 0 Å². The number of hydrogen-bond acceptors (Lipinski definition) is 2. The first-order chi connectivity index (χ1) is 10.6. The molecular formula is C17H25N4O+. The number of nitrogens with zero attached hydrogens (tertiary/aromatic N) is 1. The van der Waals surface area contributed by atoms with Gasteiger partial charge in [0.15, 0.2) is 5.69 Å². The smallest absolute Gasteiger partial charge is 0.272 e. The number of aromatic nitrogens is 2. The molecule has 3 rings (SSSR count). The predicted molar refractivity (Wildman–Crippen MR) is 87.1 cm³/mol. The maximum absolute atomic E-state index is 12.5. The van der Waals surface area contributed by atoms with E-state index in [-0.39, 0.29) is 11.4 Å². The number of rotatable bonds is 4. The Morgan fingerprint density at radius 1 is 1.27 bits per heavy atom. The molecule has 1 aliphatic carbocycles. The number of carbonyl (C=O) groups is 1. The molecule has 5 nitrogen and oxygen atoms in total. The molecule has 0 saturated heterocycles. The van der Waals surface area contributed by atoms with Gasteiger partial charge in [-0.05, 0) is 18.9 Å². The first-order valence-electron chi connectivity index (χ1n) is 8.14. The van der Waals surface area contributed by atoms with E-state index < -0.39 is 0 Å². The number of amides is 1. The van der Waals surface area contributed by atoms with Crippen LogP contribution in [0.4, 0.5) is 0 Å². The molecule has 2 aromatic rings. The maximum atomic E-state index is 12.5. The number of quaternary nitrogens is 1. The van der Waals surface area contributed by atoms with Gasteiger partial charge in [-0.1, -0.05) is 24.6 Å². The molecule has 22 heavy (non-hydrogen) atoms. The number of para-hydroxylation sites is 1. The fraction of sp³-hybridized carbons (Fsp3) is 0.529. The Hall–Kier alpha value is -1.88. The van der Waals surface area contributed by atoms with Crippen LogP contribution in [0, 0.1) is 0 Å². The number of carbonyl (C=O) groups excluding carboxylic acids is 1. The van der Waals surface area contributed by atoms with Crippen molar-refractivity contribution in [2.75, 3.05) is 20.6 Å². The topological polar surface area (TPSA) is 62.2 Å². The first kappa shape index (κ1) is 15.0. The van der Waals surface area contributed by atoms with Crippen LogP contribution in [0.2, 0.25) is 0 Å². The van der Waals surface area contributed by atoms with Crippen molar-refractivity contribution in [1.29, 1.82) is 0 Å². The van der Waals surface area contributed by atoms with Crippen LogP contribution in [0.1, 0.15) is 42.6 Å². The fourth-order valence-electron chi connectivity index (χ4n) is 3.55. The van der Waals surface area contributed by atoms with Crippen molar-refractivity contribution in [2.24, 2.45) is 0 Å². The highest BCUT2D eigenvalue weighted by Gasteiger charge is 2.38. The van der Waals surface area contributed by atoms with Crippen molar-refractivity contribution in [3.05, 3.63) is 30.0 Å². The van der Waals surface area contributed by atoms with Gasteiger partial charge >= 0.3 is 0 Å². The highest BCUT2D eigenvalue weighted by molar-refractivity contribution is 6.04. The van der Waals surface area contributed by atoms with Gasteiger partial charge in [0.05, 0.1) is 26.2 Å². The lowest BCUT2D eigenvalue weighted by molar-refractivity contribution is -0.916. The van der Waals surface area contributed by atoms with E-state index in [4.69, 9.17) is 0 Å². The summed E-state index contributed by atoms with van der Waals surface area (Å²) in [6.45, 7) is 0.718. The maximum Gasteiger partial charge on any atom is 0.272 e. The van der Waals surface area contributed by atoms with Crippen molar-refractivity contribution in [1.82, 2.24) is 15.5 Å². The summed E-state index contributed by atoms with van der Waals surface area (Å²) in [7, 11) is 4.39. The molecule has 0 spiro atoms. The molecule has 0 atom stereocenters. The largest absolute Gasteiger partial charge is 0.344 e. The van der Waals surface area contributed by atoms with E-state index in [1.165, 1.54) is 37.0 Å². The normalized spacial score (nSPS) is 17.8. The van der Waals surface area contributed by atoms with Crippen LogP contribution in [0.15, 0.2) is 24.3 Å². The fourth-order valence-corrected chi connectivity index (χ4v) is 3.55. The Bertz CT molecular complexity index is 655. The SMILES string of the molecule is C[NH+](C)C1(CNC(=O)c2n[nH]c3ccccc23)CCCCC1.